The third kappa shape index (κ3) is 7.16. The first-order chi connectivity index (χ1) is 21.7. The van der Waals surface area contributed by atoms with Gasteiger partial charge in [-0.05, 0) is 63.3 Å². The number of allylic oxidation sites excluding steroid dienone is 2. The fourth-order valence-electron chi connectivity index (χ4n) is 5.80. The van der Waals surface area contributed by atoms with E-state index >= 15 is 0 Å². The number of aryl methyl sites for hydroxylation is 1. The van der Waals surface area contributed by atoms with Crippen molar-refractivity contribution in [3.8, 4) is 23.0 Å². The van der Waals surface area contributed by atoms with Gasteiger partial charge in [0.05, 0.1) is 24.6 Å². The van der Waals surface area contributed by atoms with Crippen LogP contribution in [0.1, 0.15) is 44.1 Å². The van der Waals surface area contributed by atoms with Gasteiger partial charge in [0.15, 0.2) is 5.82 Å². The van der Waals surface area contributed by atoms with Crippen LogP contribution in [-0.2, 0) is 9.59 Å². The minimum Gasteiger partial charge on any atom is -0.496 e. The molecular weight excluding hydrogens is 581 g/mol. The van der Waals surface area contributed by atoms with E-state index < -0.39 is 35.9 Å². The van der Waals surface area contributed by atoms with Crippen molar-refractivity contribution in [3.05, 3.63) is 59.9 Å². The molecule has 0 aliphatic carbocycles. The first-order valence-corrected chi connectivity index (χ1v) is 15.1. The van der Waals surface area contributed by atoms with Crippen LogP contribution >= 0.6 is 0 Å². The van der Waals surface area contributed by atoms with E-state index in [1.165, 1.54) is 17.0 Å². The molecule has 2 aromatic carbocycles. The quantitative estimate of drug-likeness (QED) is 0.392. The normalized spacial score (nSPS) is 21.6. The van der Waals surface area contributed by atoms with E-state index in [0.717, 1.165) is 24.8 Å². The lowest BCUT2D eigenvalue weighted by Gasteiger charge is -2.29. The number of ether oxygens (including phenoxy) is 2. The second-order valence-electron chi connectivity index (χ2n) is 11.4. The van der Waals surface area contributed by atoms with Gasteiger partial charge in [-0.25, -0.2) is 19.0 Å². The van der Waals surface area contributed by atoms with Gasteiger partial charge in [-0.15, -0.1) is 0 Å². The van der Waals surface area contributed by atoms with Gasteiger partial charge in [0.1, 0.15) is 29.8 Å². The molecule has 3 heterocycles. The fraction of sp³-hybridized carbons (Fsp3) is 0.424. The Labute approximate surface area is 261 Å². The predicted molar refractivity (Wildman–Crippen MR) is 166 cm³/mol. The van der Waals surface area contributed by atoms with E-state index in [2.05, 4.69) is 10.3 Å². The number of aliphatic carboxylic acids is 1. The molecule has 2 aliphatic heterocycles. The zero-order valence-electron chi connectivity index (χ0n) is 25.7. The molecule has 5 rings (SSSR count). The molecule has 3 amide bonds. The van der Waals surface area contributed by atoms with Crippen molar-refractivity contribution in [3.63, 3.8) is 0 Å². The molecule has 11 nitrogen and oxygen atoms in total. The number of hydrogen-bond donors (Lipinski definition) is 2. The number of nitrogens with one attached hydrogen (secondary N) is 1. The third-order valence-electron chi connectivity index (χ3n) is 8.27. The number of fused-ring (bicyclic) bond motifs is 2. The van der Waals surface area contributed by atoms with E-state index in [4.69, 9.17) is 14.5 Å². The number of halogens is 1. The molecule has 0 radical (unpaired) electrons. The number of carbonyl (C=O) groups excluding carboxylic acids is 2. The highest BCUT2D eigenvalue weighted by molar-refractivity contribution is 5.91. The SMILES string of the molecule is COc1ccc2c(OC3CC4C(=O)NC(C(=O)O)CCC=CCCCCN(C)C(=O)N4C3)nc(-c3cccc(F)c3)nc2c1C. The molecule has 1 saturated heterocycles. The smallest absolute Gasteiger partial charge is 0.326 e. The Kier molecular flexibility index (Phi) is 9.80. The summed E-state index contributed by atoms with van der Waals surface area (Å²) in [6, 6.07) is 7.10. The van der Waals surface area contributed by atoms with Crippen molar-refractivity contribution >= 4 is 28.8 Å². The zero-order valence-corrected chi connectivity index (χ0v) is 25.7. The summed E-state index contributed by atoms with van der Waals surface area (Å²) in [7, 11) is 3.25. The number of carboxylic acid groups (broad SMARTS) is 1. The highest BCUT2D eigenvalue weighted by atomic mass is 19.1. The summed E-state index contributed by atoms with van der Waals surface area (Å²) < 4.78 is 26.1. The number of carbonyl (C=O) groups is 3. The maximum Gasteiger partial charge on any atom is 0.326 e. The Hall–Kier alpha value is -4.74. The van der Waals surface area contributed by atoms with E-state index in [9.17, 15) is 23.9 Å². The van der Waals surface area contributed by atoms with Gasteiger partial charge in [0.2, 0.25) is 11.8 Å². The summed E-state index contributed by atoms with van der Waals surface area (Å²) in [5.74, 6) is -1.06. The highest BCUT2D eigenvalue weighted by Crippen LogP contribution is 2.35. The van der Waals surface area contributed by atoms with Crippen LogP contribution in [0, 0.1) is 12.7 Å². The van der Waals surface area contributed by atoms with Gasteiger partial charge in [-0.2, -0.15) is 4.98 Å². The Morgan fingerprint density at radius 1 is 1.11 bits per heavy atom. The number of urea groups is 1. The van der Waals surface area contributed by atoms with E-state index in [0.29, 0.717) is 35.2 Å². The van der Waals surface area contributed by atoms with Gasteiger partial charge >= 0.3 is 12.0 Å². The van der Waals surface area contributed by atoms with Crippen LogP contribution in [0.15, 0.2) is 48.6 Å². The summed E-state index contributed by atoms with van der Waals surface area (Å²) in [5.41, 5.74) is 1.75. The van der Waals surface area contributed by atoms with E-state index in [1.807, 2.05) is 19.1 Å². The number of rotatable bonds is 5. The summed E-state index contributed by atoms with van der Waals surface area (Å²) in [6.07, 6.45) is 6.64. The minimum atomic E-state index is -1.13. The van der Waals surface area contributed by atoms with Crippen LogP contribution in [0.2, 0.25) is 0 Å². The molecule has 0 spiro atoms. The van der Waals surface area contributed by atoms with Gasteiger partial charge < -0.3 is 29.7 Å². The molecule has 2 N–H and O–H groups in total. The van der Waals surface area contributed by atoms with Crippen molar-refractivity contribution < 1.29 is 33.4 Å². The second kappa shape index (κ2) is 13.9. The molecule has 0 saturated carbocycles. The highest BCUT2D eigenvalue weighted by Gasteiger charge is 2.43. The molecule has 238 valence electrons. The van der Waals surface area contributed by atoms with Gasteiger partial charge in [-0.3, -0.25) is 4.79 Å². The average molecular weight is 620 g/mol. The van der Waals surface area contributed by atoms with Crippen LogP contribution in [0.25, 0.3) is 22.3 Å². The first kappa shape index (κ1) is 31.7. The van der Waals surface area contributed by atoms with Crippen LogP contribution in [-0.4, -0.2) is 88.2 Å². The molecule has 12 heteroatoms. The molecule has 2 aliphatic rings. The lowest BCUT2D eigenvalue weighted by Crippen LogP contribution is -2.53. The first-order valence-electron chi connectivity index (χ1n) is 15.1. The lowest BCUT2D eigenvalue weighted by molar-refractivity contribution is -0.142. The van der Waals surface area contributed by atoms with Crippen LogP contribution in [0.5, 0.6) is 11.6 Å². The van der Waals surface area contributed by atoms with E-state index in [1.54, 1.807) is 43.3 Å². The average Bonchev–Trinajstić information content (AvgIpc) is 3.44. The van der Waals surface area contributed by atoms with Crippen LogP contribution < -0.4 is 14.8 Å². The Morgan fingerprint density at radius 3 is 2.67 bits per heavy atom. The molecular formula is C33H38FN5O6. The monoisotopic (exact) mass is 619 g/mol. The number of nitrogens with zero attached hydrogens (tertiary/aromatic N) is 4. The standard InChI is InChI=1S/C33H38FN5O6/c1-20-27(44-3)15-14-24-28(20)36-29(21-11-10-12-22(34)17-21)37-31(24)45-23-18-26-30(40)35-25(32(41)42)13-8-6-4-5-7-9-16-38(2)33(43)39(26)19-23/h4,6,10-12,14-15,17,23,25-26H,5,7-9,13,16,18-19H2,1-3H3,(H,35,40)(H,41,42). The number of amides is 3. The summed E-state index contributed by atoms with van der Waals surface area (Å²) in [6.45, 7) is 2.44. The molecule has 3 unspecified atom stereocenters. The number of methoxy groups -OCH3 is 1. The van der Waals surface area contributed by atoms with Crippen molar-refractivity contribution in [2.75, 3.05) is 27.2 Å². The zero-order chi connectivity index (χ0) is 32.1. The number of hydrogen-bond acceptors (Lipinski definition) is 7. The molecule has 3 aromatic rings. The lowest BCUT2D eigenvalue weighted by atomic mass is 10.1. The van der Waals surface area contributed by atoms with Crippen molar-refractivity contribution in [1.29, 1.82) is 0 Å². The third-order valence-corrected chi connectivity index (χ3v) is 8.27. The summed E-state index contributed by atoms with van der Waals surface area (Å²) >= 11 is 0. The van der Waals surface area contributed by atoms with Crippen LogP contribution in [0.3, 0.4) is 0 Å². The largest absolute Gasteiger partial charge is 0.496 e. The summed E-state index contributed by atoms with van der Waals surface area (Å²) in [4.78, 5) is 51.6. The second-order valence-corrected chi connectivity index (χ2v) is 11.4. The molecule has 3 atom stereocenters. The molecule has 1 fully saturated rings. The predicted octanol–water partition coefficient (Wildman–Crippen LogP) is 4.72. The topological polar surface area (TPSA) is 134 Å². The van der Waals surface area contributed by atoms with Crippen LogP contribution in [0.4, 0.5) is 9.18 Å². The maximum absolute atomic E-state index is 14.2. The minimum absolute atomic E-state index is 0.0798. The Balaban J connectivity index is 1.49. The molecule has 0 bridgehead atoms. The number of benzene rings is 2. The maximum atomic E-state index is 14.2. The van der Waals surface area contributed by atoms with Gasteiger partial charge in [-0.1, -0.05) is 24.3 Å². The Bertz CT molecular complexity index is 1610. The number of aromatic nitrogens is 2. The van der Waals surface area contributed by atoms with Crippen molar-refractivity contribution in [2.24, 2.45) is 0 Å². The fourth-order valence-corrected chi connectivity index (χ4v) is 5.80. The Morgan fingerprint density at radius 2 is 1.91 bits per heavy atom. The van der Waals surface area contributed by atoms with Crippen molar-refractivity contribution in [1.82, 2.24) is 25.1 Å². The van der Waals surface area contributed by atoms with Gasteiger partial charge in [0.25, 0.3) is 0 Å². The van der Waals surface area contributed by atoms with Crippen molar-refractivity contribution in [2.45, 2.75) is 63.6 Å². The molecule has 45 heavy (non-hydrogen) atoms. The van der Waals surface area contributed by atoms with Gasteiger partial charge in [0, 0.05) is 31.1 Å². The summed E-state index contributed by atoms with van der Waals surface area (Å²) in [5, 5.41) is 13.0. The molecule has 1 aromatic heterocycles. The van der Waals surface area contributed by atoms with E-state index in [-0.39, 0.29) is 37.1 Å². The number of carboxylic acids is 1.